The van der Waals surface area contributed by atoms with E-state index in [0.29, 0.717) is 12.1 Å². The summed E-state index contributed by atoms with van der Waals surface area (Å²) in [4.78, 5) is 4.09. The Morgan fingerprint density at radius 2 is 1.81 bits per heavy atom. The van der Waals surface area contributed by atoms with Crippen molar-refractivity contribution in [1.82, 2.24) is 9.80 Å². The smallest absolute Gasteiger partial charge is 0.329 e. The SMILES string of the molecule is CN(C)CCCN(C)C(CN)c1cccc(C(F)(F)F)c1. The van der Waals surface area contributed by atoms with Crippen molar-refractivity contribution in [2.24, 2.45) is 5.73 Å². The summed E-state index contributed by atoms with van der Waals surface area (Å²) in [5, 5.41) is 0. The van der Waals surface area contributed by atoms with Gasteiger partial charge in [0.15, 0.2) is 0 Å². The summed E-state index contributed by atoms with van der Waals surface area (Å²) >= 11 is 0. The van der Waals surface area contributed by atoms with E-state index in [4.69, 9.17) is 5.73 Å². The molecule has 0 aliphatic heterocycles. The minimum absolute atomic E-state index is 0.200. The second-order valence-corrected chi connectivity index (χ2v) is 5.51. The van der Waals surface area contributed by atoms with Crippen LogP contribution in [0.4, 0.5) is 13.2 Å². The molecule has 21 heavy (non-hydrogen) atoms. The van der Waals surface area contributed by atoms with Crippen molar-refractivity contribution < 1.29 is 13.2 Å². The summed E-state index contributed by atoms with van der Waals surface area (Å²) in [5.41, 5.74) is 5.75. The molecule has 0 saturated carbocycles. The van der Waals surface area contributed by atoms with E-state index in [1.54, 1.807) is 6.07 Å². The molecule has 0 bridgehead atoms. The largest absolute Gasteiger partial charge is 0.416 e. The molecule has 1 rings (SSSR count). The van der Waals surface area contributed by atoms with Crippen molar-refractivity contribution in [3.05, 3.63) is 35.4 Å². The highest BCUT2D eigenvalue weighted by Gasteiger charge is 2.31. The van der Waals surface area contributed by atoms with Gasteiger partial charge in [-0.3, -0.25) is 4.90 Å². The van der Waals surface area contributed by atoms with Gasteiger partial charge in [0.1, 0.15) is 0 Å². The zero-order chi connectivity index (χ0) is 16.0. The van der Waals surface area contributed by atoms with Gasteiger partial charge in [0.2, 0.25) is 0 Å². The van der Waals surface area contributed by atoms with Crippen molar-refractivity contribution in [1.29, 1.82) is 0 Å². The normalized spacial score (nSPS) is 14.0. The fourth-order valence-corrected chi connectivity index (χ4v) is 2.28. The molecule has 120 valence electrons. The molecule has 3 nitrogen and oxygen atoms in total. The lowest BCUT2D eigenvalue weighted by Gasteiger charge is -2.28. The Bertz CT molecular complexity index is 432. The van der Waals surface area contributed by atoms with E-state index < -0.39 is 11.7 Å². The van der Waals surface area contributed by atoms with Gasteiger partial charge in [-0.2, -0.15) is 13.2 Å². The van der Waals surface area contributed by atoms with Gasteiger partial charge in [0.25, 0.3) is 0 Å². The first-order chi connectivity index (χ1) is 9.75. The predicted octanol–water partition coefficient (Wildman–Crippen LogP) is 2.59. The molecule has 0 fully saturated rings. The Labute approximate surface area is 124 Å². The van der Waals surface area contributed by atoms with Gasteiger partial charge in [-0.25, -0.2) is 0 Å². The molecule has 1 atom stereocenters. The van der Waals surface area contributed by atoms with E-state index in [2.05, 4.69) is 4.90 Å². The Balaban J connectivity index is 2.79. The molecule has 0 radical (unpaired) electrons. The first-order valence-electron chi connectivity index (χ1n) is 6.98. The van der Waals surface area contributed by atoms with E-state index in [-0.39, 0.29) is 6.04 Å². The first kappa shape index (κ1) is 17.9. The quantitative estimate of drug-likeness (QED) is 0.840. The molecule has 0 spiro atoms. The number of likely N-dealkylation sites (N-methyl/N-ethyl adjacent to an activating group) is 1. The van der Waals surface area contributed by atoms with E-state index in [9.17, 15) is 13.2 Å². The van der Waals surface area contributed by atoms with Crippen LogP contribution < -0.4 is 5.73 Å². The van der Waals surface area contributed by atoms with Crippen molar-refractivity contribution in [3.8, 4) is 0 Å². The molecule has 0 aliphatic rings. The monoisotopic (exact) mass is 303 g/mol. The van der Waals surface area contributed by atoms with Gasteiger partial charge in [0, 0.05) is 12.6 Å². The van der Waals surface area contributed by atoms with Crippen LogP contribution in [0, 0.1) is 0 Å². The van der Waals surface area contributed by atoms with Gasteiger partial charge in [-0.1, -0.05) is 12.1 Å². The number of nitrogens with zero attached hydrogens (tertiary/aromatic N) is 2. The molecule has 0 saturated heterocycles. The maximum absolute atomic E-state index is 12.8. The van der Waals surface area contributed by atoms with Crippen LogP contribution in [0.5, 0.6) is 0 Å². The van der Waals surface area contributed by atoms with Gasteiger partial charge in [0.05, 0.1) is 5.56 Å². The number of nitrogens with two attached hydrogens (primary N) is 1. The molecule has 0 aromatic heterocycles. The summed E-state index contributed by atoms with van der Waals surface area (Å²) in [6.45, 7) is 2.01. The zero-order valence-corrected chi connectivity index (χ0v) is 12.8. The number of halogens is 3. The highest BCUT2D eigenvalue weighted by Crippen LogP contribution is 2.31. The van der Waals surface area contributed by atoms with Crippen LogP contribution in [0.25, 0.3) is 0 Å². The first-order valence-corrected chi connectivity index (χ1v) is 6.98. The molecule has 0 heterocycles. The summed E-state index contributed by atoms with van der Waals surface area (Å²) in [5.74, 6) is 0. The molecular formula is C15H24F3N3. The summed E-state index contributed by atoms with van der Waals surface area (Å²) in [6.07, 6.45) is -3.38. The average molecular weight is 303 g/mol. The Kier molecular flexibility index (Phi) is 6.64. The van der Waals surface area contributed by atoms with Crippen molar-refractivity contribution in [3.63, 3.8) is 0 Å². The molecule has 2 N–H and O–H groups in total. The summed E-state index contributed by atoms with van der Waals surface area (Å²) in [7, 11) is 5.88. The lowest BCUT2D eigenvalue weighted by molar-refractivity contribution is -0.137. The minimum atomic E-state index is -4.32. The molecule has 0 aliphatic carbocycles. The van der Waals surface area contributed by atoms with Crippen LogP contribution in [0.2, 0.25) is 0 Å². The van der Waals surface area contributed by atoms with Crippen LogP contribution >= 0.6 is 0 Å². The van der Waals surface area contributed by atoms with Crippen molar-refractivity contribution in [2.45, 2.75) is 18.6 Å². The highest BCUT2D eigenvalue weighted by atomic mass is 19.4. The molecular weight excluding hydrogens is 279 g/mol. The number of hydrogen-bond acceptors (Lipinski definition) is 3. The number of alkyl halides is 3. The second kappa shape index (κ2) is 7.77. The van der Waals surface area contributed by atoms with Crippen LogP contribution in [0.1, 0.15) is 23.6 Å². The standard InChI is InChI=1S/C15H24F3N3/c1-20(2)8-5-9-21(3)14(11-19)12-6-4-7-13(10-12)15(16,17)18/h4,6-7,10,14H,5,8-9,11,19H2,1-3H3. The third-order valence-corrected chi connectivity index (χ3v) is 3.47. The maximum Gasteiger partial charge on any atom is 0.416 e. The van der Waals surface area contributed by atoms with E-state index >= 15 is 0 Å². The number of benzene rings is 1. The highest BCUT2D eigenvalue weighted by molar-refractivity contribution is 5.28. The third kappa shape index (κ3) is 5.65. The van der Waals surface area contributed by atoms with E-state index in [1.165, 1.54) is 12.1 Å². The fraction of sp³-hybridized carbons (Fsp3) is 0.600. The van der Waals surface area contributed by atoms with Gasteiger partial charge >= 0.3 is 6.18 Å². The second-order valence-electron chi connectivity index (χ2n) is 5.51. The number of rotatable bonds is 7. The third-order valence-electron chi connectivity index (χ3n) is 3.47. The topological polar surface area (TPSA) is 32.5 Å². The predicted molar refractivity (Wildman–Crippen MR) is 79.0 cm³/mol. The van der Waals surface area contributed by atoms with Gasteiger partial charge < -0.3 is 10.6 Å². The zero-order valence-electron chi connectivity index (χ0n) is 12.8. The molecule has 6 heteroatoms. The lowest BCUT2D eigenvalue weighted by atomic mass is 10.0. The summed E-state index contributed by atoms with van der Waals surface area (Å²) < 4.78 is 38.3. The molecule has 1 aromatic rings. The Morgan fingerprint density at radius 3 is 2.33 bits per heavy atom. The fourth-order valence-electron chi connectivity index (χ4n) is 2.28. The molecule has 0 amide bonds. The molecule has 1 unspecified atom stereocenters. The molecule has 1 aromatic carbocycles. The Morgan fingerprint density at radius 1 is 1.14 bits per heavy atom. The number of hydrogen-bond donors (Lipinski definition) is 1. The van der Waals surface area contributed by atoms with Crippen molar-refractivity contribution >= 4 is 0 Å². The van der Waals surface area contributed by atoms with E-state index in [1.807, 2.05) is 26.0 Å². The van der Waals surface area contributed by atoms with Crippen LogP contribution in [-0.4, -0.2) is 50.6 Å². The van der Waals surface area contributed by atoms with Crippen LogP contribution in [0.15, 0.2) is 24.3 Å². The maximum atomic E-state index is 12.8. The summed E-state index contributed by atoms with van der Waals surface area (Å²) in [6, 6.07) is 5.22. The average Bonchev–Trinajstić information content (AvgIpc) is 2.38. The van der Waals surface area contributed by atoms with E-state index in [0.717, 1.165) is 25.6 Å². The van der Waals surface area contributed by atoms with Crippen LogP contribution in [0.3, 0.4) is 0 Å². The van der Waals surface area contributed by atoms with Crippen LogP contribution in [-0.2, 0) is 6.18 Å². The Hall–Kier alpha value is -1.11. The van der Waals surface area contributed by atoms with Gasteiger partial charge in [-0.05, 0) is 58.3 Å². The minimum Gasteiger partial charge on any atom is -0.329 e. The lowest BCUT2D eigenvalue weighted by Crippen LogP contribution is -2.32. The van der Waals surface area contributed by atoms with Crippen molar-refractivity contribution in [2.75, 3.05) is 40.8 Å². The van der Waals surface area contributed by atoms with Gasteiger partial charge in [-0.15, -0.1) is 0 Å².